The molecule has 40 heavy (non-hydrogen) atoms. The van der Waals surface area contributed by atoms with E-state index in [-0.39, 0.29) is 28.1 Å². The SMILES string of the molecule is C[C@]12CC3CC(Nc4nc(Cl)nc5c4ncn5[C@@H]4O[C@H](CCP(=O)(O)CP(=O)(O)O)C(O)[C@@H]4O)(C1)C[C@@](C)(C3)C2. The lowest BCUT2D eigenvalue weighted by molar-refractivity contribution is -0.0973. The first-order valence-corrected chi connectivity index (χ1v) is 17.7. The molecule has 4 saturated carbocycles. The molecule has 7 rings (SSSR count). The van der Waals surface area contributed by atoms with E-state index in [2.05, 4.69) is 34.1 Å². The highest BCUT2D eigenvalue weighted by molar-refractivity contribution is 7.72. The number of aliphatic hydroxyl groups is 2. The summed E-state index contributed by atoms with van der Waals surface area (Å²) in [5.74, 6) is -0.00112. The van der Waals surface area contributed by atoms with E-state index >= 15 is 0 Å². The molecule has 0 aromatic carbocycles. The van der Waals surface area contributed by atoms with Gasteiger partial charge in [0.1, 0.15) is 18.1 Å². The van der Waals surface area contributed by atoms with Gasteiger partial charge in [-0.3, -0.25) is 13.7 Å². The largest absolute Gasteiger partial charge is 0.388 e. The summed E-state index contributed by atoms with van der Waals surface area (Å²) in [4.78, 5) is 41.5. The van der Waals surface area contributed by atoms with Gasteiger partial charge in [-0.1, -0.05) is 13.8 Å². The van der Waals surface area contributed by atoms with E-state index in [0.29, 0.717) is 22.9 Å². The number of anilines is 1. The number of halogens is 1. The minimum Gasteiger partial charge on any atom is -0.388 e. The molecular weight excluding hydrogens is 584 g/mol. The van der Waals surface area contributed by atoms with Crippen molar-refractivity contribution in [1.29, 1.82) is 0 Å². The fraction of sp³-hybridized carbons (Fsp3) is 0.792. The Balaban J connectivity index is 1.25. The molecule has 0 amide bonds. The molecule has 0 spiro atoms. The van der Waals surface area contributed by atoms with E-state index < -0.39 is 51.6 Å². The number of hydrogen-bond donors (Lipinski definition) is 6. The standard InChI is InChI=1S/C24H36ClN5O8P2/c1-22-5-13-6-23(2,8-22)10-24(7-13,9-22)29-18-15-19(28-21(25)27-18)30(11-26-15)20-17(32)16(31)14(38-20)3-4-39(33,34)12-40(35,36)37/h11,13-14,16-17,20,31-32H,3-10,12H2,1-2H3,(H,33,34)(H,27,28,29)(H2,35,36,37)/t13?,14-,16?,17+,20-,22-,23+,24?/m1/s1. The zero-order chi connectivity index (χ0) is 28.9. The van der Waals surface area contributed by atoms with Crippen molar-refractivity contribution in [2.75, 3.05) is 17.4 Å². The maximum absolute atomic E-state index is 12.2. The predicted octanol–water partition coefficient (Wildman–Crippen LogP) is 3.06. The maximum atomic E-state index is 12.2. The number of fused-ring (bicyclic) bond motifs is 1. The highest BCUT2D eigenvalue weighted by Gasteiger charge is 2.60. The first kappa shape index (κ1) is 29.0. The number of imidazole rings is 1. The Hall–Kier alpha value is -1.14. The lowest BCUT2D eigenvalue weighted by atomic mass is 9.43. The Bertz CT molecular complexity index is 1420. The van der Waals surface area contributed by atoms with E-state index in [0.717, 1.165) is 19.3 Å². The van der Waals surface area contributed by atoms with Crippen molar-refractivity contribution in [3.8, 4) is 0 Å². The van der Waals surface area contributed by atoms with Gasteiger partial charge in [0.05, 0.1) is 12.4 Å². The van der Waals surface area contributed by atoms with Crippen molar-refractivity contribution in [1.82, 2.24) is 19.5 Å². The van der Waals surface area contributed by atoms with Crippen molar-refractivity contribution in [2.24, 2.45) is 16.7 Å². The van der Waals surface area contributed by atoms with E-state index in [9.17, 15) is 24.2 Å². The fourth-order valence-electron chi connectivity index (χ4n) is 8.89. The second kappa shape index (κ2) is 9.43. The van der Waals surface area contributed by atoms with Crippen LogP contribution in [0.4, 0.5) is 5.82 Å². The zero-order valence-corrected chi connectivity index (χ0v) is 24.9. The van der Waals surface area contributed by atoms with Crippen molar-refractivity contribution in [2.45, 2.75) is 88.9 Å². The second-order valence-corrected chi connectivity index (χ2v) is 18.4. The van der Waals surface area contributed by atoms with Gasteiger partial charge in [-0.05, 0) is 73.3 Å². The molecular formula is C24H36ClN5O8P2. The van der Waals surface area contributed by atoms with E-state index in [1.54, 1.807) is 0 Å². The van der Waals surface area contributed by atoms with Crippen LogP contribution in [0.25, 0.3) is 11.2 Å². The van der Waals surface area contributed by atoms with Crippen LogP contribution in [0.1, 0.15) is 65.0 Å². The first-order chi connectivity index (χ1) is 18.5. The van der Waals surface area contributed by atoms with Gasteiger partial charge in [0.2, 0.25) is 12.7 Å². The number of aliphatic hydroxyl groups excluding tert-OH is 2. The van der Waals surface area contributed by atoms with Crippen LogP contribution in [0, 0.1) is 16.7 Å². The molecule has 2 aromatic rings. The van der Waals surface area contributed by atoms with Gasteiger partial charge in [-0.25, -0.2) is 4.98 Å². The van der Waals surface area contributed by atoms with Crippen LogP contribution in [0.3, 0.4) is 0 Å². The van der Waals surface area contributed by atoms with Gasteiger partial charge in [-0.2, -0.15) is 9.97 Å². The highest BCUT2D eigenvalue weighted by Crippen LogP contribution is 2.67. The van der Waals surface area contributed by atoms with Crippen LogP contribution in [-0.2, 0) is 13.9 Å². The monoisotopic (exact) mass is 619 g/mol. The third kappa shape index (κ3) is 5.38. The molecule has 0 radical (unpaired) electrons. The van der Waals surface area contributed by atoms with Gasteiger partial charge >= 0.3 is 7.60 Å². The number of rotatable bonds is 8. The molecule has 222 valence electrons. The van der Waals surface area contributed by atoms with Gasteiger partial charge in [0, 0.05) is 11.7 Å². The second-order valence-electron chi connectivity index (χ2n) is 13.4. The highest BCUT2D eigenvalue weighted by atomic mass is 35.5. The van der Waals surface area contributed by atoms with Crippen LogP contribution in [-0.4, -0.2) is 80.3 Å². The quantitative estimate of drug-likeness (QED) is 0.187. The fourth-order valence-corrected chi connectivity index (χ4v) is 12.6. The van der Waals surface area contributed by atoms with E-state index in [1.165, 1.54) is 30.2 Å². The van der Waals surface area contributed by atoms with Gasteiger partial charge in [0.15, 0.2) is 23.2 Å². The average Bonchev–Trinajstić information content (AvgIpc) is 3.29. The molecule has 1 saturated heterocycles. The van der Waals surface area contributed by atoms with Gasteiger partial charge in [-0.15, -0.1) is 0 Å². The molecule has 5 aliphatic rings. The molecule has 4 aliphatic carbocycles. The number of nitrogens with zero attached hydrogens (tertiary/aromatic N) is 4. The summed E-state index contributed by atoms with van der Waals surface area (Å²) in [5, 5.41) is 25.1. The molecule has 1 aliphatic heterocycles. The Labute approximate surface area is 236 Å². The Kier molecular flexibility index (Phi) is 6.83. The number of aromatic nitrogens is 4. The van der Waals surface area contributed by atoms with Crippen molar-refractivity contribution in [3.05, 3.63) is 11.6 Å². The minimum absolute atomic E-state index is 0.0119. The van der Waals surface area contributed by atoms with E-state index in [1.807, 2.05) is 0 Å². The number of hydrogen-bond acceptors (Lipinski definition) is 9. The summed E-state index contributed by atoms with van der Waals surface area (Å²) in [6.45, 7) is 4.76. The lowest BCUT2D eigenvalue weighted by Crippen LogP contribution is -2.61. The van der Waals surface area contributed by atoms with Crippen LogP contribution < -0.4 is 5.32 Å². The zero-order valence-electron chi connectivity index (χ0n) is 22.4. The number of nitrogens with one attached hydrogen (secondary N) is 1. The van der Waals surface area contributed by atoms with Gasteiger partial charge < -0.3 is 34.9 Å². The van der Waals surface area contributed by atoms with Crippen molar-refractivity contribution < 1.29 is 38.8 Å². The van der Waals surface area contributed by atoms with Crippen LogP contribution in [0.15, 0.2) is 6.33 Å². The third-order valence-electron chi connectivity index (χ3n) is 9.18. The molecule has 5 fully saturated rings. The molecule has 13 nitrogen and oxygen atoms in total. The van der Waals surface area contributed by atoms with Crippen LogP contribution >= 0.6 is 26.6 Å². The number of ether oxygens (including phenoxy) is 1. The average molecular weight is 620 g/mol. The molecule has 6 N–H and O–H groups in total. The molecule has 2 aromatic heterocycles. The molecule has 16 heteroatoms. The predicted molar refractivity (Wildman–Crippen MR) is 146 cm³/mol. The van der Waals surface area contributed by atoms with Crippen LogP contribution in [0.5, 0.6) is 0 Å². The molecule has 3 heterocycles. The lowest BCUT2D eigenvalue weighted by Gasteiger charge is -2.65. The summed E-state index contributed by atoms with van der Waals surface area (Å²) in [5.41, 5.74) is 1.16. The Morgan fingerprint density at radius 3 is 2.38 bits per heavy atom. The van der Waals surface area contributed by atoms with Crippen molar-refractivity contribution in [3.63, 3.8) is 0 Å². The maximum Gasteiger partial charge on any atom is 0.335 e. The summed E-state index contributed by atoms with van der Waals surface area (Å²) in [6.07, 6.45) is 2.55. The minimum atomic E-state index is -4.70. The third-order valence-corrected chi connectivity index (χ3v) is 13.6. The molecule has 4 bridgehead atoms. The van der Waals surface area contributed by atoms with Gasteiger partial charge in [0.25, 0.3) is 0 Å². The summed E-state index contributed by atoms with van der Waals surface area (Å²) >= 11 is 6.37. The smallest absolute Gasteiger partial charge is 0.335 e. The van der Waals surface area contributed by atoms with Crippen LogP contribution in [0.2, 0.25) is 5.28 Å². The molecule has 9 atom stereocenters. The van der Waals surface area contributed by atoms with Crippen molar-refractivity contribution >= 4 is 43.5 Å². The topological polar surface area (TPSA) is 200 Å². The summed E-state index contributed by atoms with van der Waals surface area (Å²) in [6, 6.07) is 0. The first-order valence-electron chi connectivity index (χ1n) is 13.5. The molecule has 4 unspecified atom stereocenters. The summed E-state index contributed by atoms with van der Waals surface area (Å²) < 4.78 is 30.8. The Morgan fingerprint density at radius 2 is 1.75 bits per heavy atom. The van der Waals surface area contributed by atoms with E-state index in [4.69, 9.17) is 26.1 Å². The summed E-state index contributed by atoms with van der Waals surface area (Å²) in [7, 11) is -8.89. The normalized spacial score (nSPS) is 40.5. The Morgan fingerprint density at radius 1 is 1.07 bits per heavy atom.